The zero-order chi connectivity index (χ0) is 15.9. The molecule has 22 heavy (non-hydrogen) atoms. The van der Waals surface area contributed by atoms with Crippen LogP contribution in [0.5, 0.6) is 0 Å². The summed E-state index contributed by atoms with van der Waals surface area (Å²) in [7, 11) is 0. The first-order valence-electron chi connectivity index (χ1n) is 6.43. The van der Waals surface area contributed by atoms with E-state index < -0.39 is 0 Å². The van der Waals surface area contributed by atoms with Gasteiger partial charge in [-0.05, 0) is 25.3 Å². The second-order valence-electron chi connectivity index (χ2n) is 4.37. The Labute approximate surface area is 136 Å². The number of nitrogens with zero attached hydrogens (tertiary/aromatic N) is 2. The molecule has 1 heterocycles. The van der Waals surface area contributed by atoms with Gasteiger partial charge in [0.2, 0.25) is 11.8 Å². The molecular formula is C14H15N3O3S2. The van der Waals surface area contributed by atoms with Crippen molar-refractivity contribution in [1.29, 1.82) is 0 Å². The van der Waals surface area contributed by atoms with E-state index >= 15 is 0 Å². The molecule has 0 aliphatic carbocycles. The van der Waals surface area contributed by atoms with E-state index in [0.29, 0.717) is 28.1 Å². The molecule has 0 unspecified atom stereocenters. The van der Waals surface area contributed by atoms with Gasteiger partial charge in [-0.15, -0.1) is 10.2 Å². The number of amides is 1. The van der Waals surface area contributed by atoms with E-state index in [2.05, 4.69) is 15.5 Å². The topological polar surface area (TPSA) is 85.1 Å². The Morgan fingerprint density at radius 2 is 2.14 bits per heavy atom. The Morgan fingerprint density at radius 3 is 2.86 bits per heavy atom. The summed E-state index contributed by atoms with van der Waals surface area (Å²) in [5.41, 5.74) is 1.15. The summed E-state index contributed by atoms with van der Waals surface area (Å²) < 4.78 is 5.37. The molecule has 0 spiro atoms. The maximum Gasteiger partial charge on any atom is 0.277 e. The van der Waals surface area contributed by atoms with E-state index in [4.69, 9.17) is 4.42 Å². The minimum absolute atomic E-state index is 0.0438. The highest BCUT2D eigenvalue weighted by molar-refractivity contribution is 7.99. The van der Waals surface area contributed by atoms with Crippen molar-refractivity contribution < 1.29 is 14.0 Å². The Morgan fingerprint density at radius 1 is 1.32 bits per heavy atom. The predicted octanol–water partition coefficient (Wildman–Crippen LogP) is 2.87. The molecule has 8 heteroatoms. The maximum atomic E-state index is 11.9. The van der Waals surface area contributed by atoms with Crippen LogP contribution >= 0.6 is 23.5 Å². The molecule has 0 atom stereocenters. The van der Waals surface area contributed by atoms with Crippen molar-refractivity contribution in [3.63, 3.8) is 0 Å². The molecule has 1 N–H and O–H groups in total. The Hall–Kier alpha value is -1.80. The first-order valence-corrected chi connectivity index (χ1v) is 8.81. The van der Waals surface area contributed by atoms with Crippen LogP contribution in [-0.4, -0.2) is 33.9 Å². The number of aromatic nitrogens is 2. The minimum atomic E-state index is -0.199. The molecule has 2 rings (SSSR count). The van der Waals surface area contributed by atoms with Gasteiger partial charge in [0.1, 0.15) is 0 Å². The molecular weight excluding hydrogens is 322 g/mol. The molecule has 0 fully saturated rings. The Bertz CT molecular complexity index is 673. The third-order valence-electron chi connectivity index (χ3n) is 2.60. The Kier molecular flexibility index (Phi) is 6.02. The van der Waals surface area contributed by atoms with Gasteiger partial charge in [0.15, 0.2) is 5.78 Å². The highest BCUT2D eigenvalue weighted by Crippen LogP contribution is 2.18. The van der Waals surface area contributed by atoms with Crippen LogP contribution in [0.25, 0.3) is 0 Å². The van der Waals surface area contributed by atoms with Crippen LogP contribution in [-0.2, 0) is 10.5 Å². The van der Waals surface area contributed by atoms with Crippen molar-refractivity contribution in [2.75, 3.05) is 17.3 Å². The summed E-state index contributed by atoms with van der Waals surface area (Å²) in [4.78, 5) is 23.2. The van der Waals surface area contributed by atoms with E-state index in [1.807, 2.05) is 6.26 Å². The number of rotatable bonds is 7. The number of thioether (sulfide) groups is 2. The van der Waals surface area contributed by atoms with Crippen molar-refractivity contribution >= 4 is 40.9 Å². The predicted molar refractivity (Wildman–Crippen MR) is 87.3 cm³/mol. The number of benzene rings is 1. The molecule has 0 radical (unpaired) electrons. The van der Waals surface area contributed by atoms with Crippen LogP contribution < -0.4 is 5.32 Å². The lowest BCUT2D eigenvalue weighted by atomic mass is 10.1. The van der Waals surface area contributed by atoms with Crippen molar-refractivity contribution in [3.05, 3.63) is 35.7 Å². The first-order chi connectivity index (χ1) is 10.6. The van der Waals surface area contributed by atoms with Crippen molar-refractivity contribution in [3.8, 4) is 0 Å². The lowest BCUT2D eigenvalue weighted by Gasteiger charge is -2.05. The third kappa shape index (κ3) is 4.88. The molecule has 1 aromatic carbocycles. The number of ketones is 1. The lowest BCUT2D eigenvalue weighted by Crippen LogP contribution is -2.14. The molecule has 1 amide bonds. The summed E-state index contributed by atoms with van der Waals surface area (Å²) in [5, 5.41) is 10.8. The highest BCUT2D eigenvalue weighted by Gasteiger charge is 2.10. The van der Waals surface area contributed by atoms with Gasteiger partial charge < -0.3 is 9.73 Å². The van der Waals surface area contributed by atoms with E-state index in [1.54, 1.807) is 36.0 Å². The molecule has 6 nitrogen and oxygen atoms in total. The zero-order valence-corrected chi connectivity index (χ0v) is 13.8. The van der Waals surface area contributed by atoms with Crippen LogP contribution in [0.3, 0.4) is 0 Å². The van der Waals surface area contributed by atoms with E-state index in [-0.39, 0.29) is 17.4 Å². The average Bonchev–Trinajstić information content (AvgIpc) is 2.93. The number of hydrogen-bond donors (Lipinski definition) is 1. The standard InChI is InChI=1S/C14H15N3O3S2/c1-9(18)10-4-3-5-11(6-10)15-12(19)7-22-14-17-16-13(20-14)8-21-2/h3-6H,7-8H2,1-2H3,(H,15,19). The molecule has 0 saturated heterocycles. The van der Waals surface area contributed by atoms with Gasteiger partial charge in [-0.1, -0.05) is 23.9 Å². The van der Waals surface area contributed by atoms with Gasteiger partial charge in [-0.2, -0.15) is 11.8 Å². The van der Waals surface area contributed by atoms with Crippen LogP contribution in [0.2, 0.25) is 0 Å². The Balaban J connectivity index is 1.87. The summed E-state index contributed by atoms with van der Waals surface area (Å²) in [6, 6.07) is 6.82. The fourth-order valence-electron chi connectivity index (χ4n) is 1.62. The van der Waals surface area contributed by atoms with Gasteiger partial charge in [0, 0.05) is 11.3 Å². The van der Waals surface area contributed by atoms with E-state index in [0.717, 1.165) is 0 Å². The number of Topliss-reactive ketones (excluding diaryl/α,β-unsaturated/α-hetero) is 1. The molecule has 0 aliphatic heterocycles. The zero-order valence-electron chi connectivity index (χ0n) is 12.2. The highest BCUT2D eigenvalue weighted by atomic mass is 32.2. The second kappa shape index (κ2) is 8.00. The summed E-state index contributed by atoms with van der Waals surface area (Å²) >= 11 is 2.76. The van der Waals surface area contributed by atoms with E-state index in [1.165, 1.54) is 18.7 Å². The van der Waals surface area contributed by atoms with Crippen molar-refractivity contribution in [2.24, 2.45) is 0 Å². The lowest BCUT2D eigenvalue weighted by molar-refractivity contribution is -0.113. The van der Waals surface area contributed by atoms with Gasteiger partial charge >= 0.3 is 0 Å². The molecule has 0 bridgehead atoms. The number of hydrogen-bond acceptors (Lipinski definition) is 7. The molecule has 0 aliphatic rings. The van der Waals surface area contributed by atoms with E-state index in [9.17, 15) is 9.59 Å². The maximum absolute atomic E-state index is 11.9. The fourth-order valence-corrected chi connectivity index (χ4v) is 2.56. The molecule has 116 valence electrons. The number of carbonyl (C=O) groups is 2. The van der Waals surface area contributed by atoms with Crippen LogP contribution in [0.15, 0.2) is 33.9 Å². The average molecular weight is 337 g/mol. The van der Waals surface area contributed by atoms with Crippen LogP contribution in [0, 0.1) is 0 Å². The van der Waals surface area contributed by atoms with Gasteiger partial charge in [-0.3, -0.25) is 9.59 Å². The van der Waals surface area contributed by atoms with Crippen LogP contribution in [0.1, 0.15) is 23.2 Å². The fraction of sp³-hybridized carbons (Fsp3) is 0.286. The number of nitrogens with one attached hydrogen (secondary N) is 1. The van der Waals surface area contributed by atoms with Crippen molar-refractivity contribution in [1.82, 2.24) is 10.2 Å². The van der Waals surface area contributed by atoms with Gasteiger partial charge in [-0.25, -0.2) is 0 Å². The van der Waals surface area contributed by atoms with Crippen molar-refractivity contribution in [2.45, 2.75) is 17.9 Å². The molecule has 0 saturated carbocycles. The quantitative estimate of drug-likeness (QED) is 0.614. The minimum Gasteiger partial charge on any atom is -0.415 e. The monoisotopic (exact) mass is 337 g/mol. The second-order valence-corrected chi connectivity index (χ2v) is 6.16. The van der Waals surface area contributed by atoms with Crippen LogP contribution in [0.4, 0.5) is 5.69 Å². The first kappa shape index (κ1) is 16.6. The number of anilines is 1. The normalized spacial score (nSPS) is 10.5. The largest absolute Gasteiger partial charge is 0.415 e. The summed E-state index contributed by atoms with van der Waals surface area (Å²) in [6.07, 6.45) is 1.94. The smallest absolute Gasteiger partial charge is 0.277 e. The molecule has 1 aromatic heterocycles. The SMILES string of the molecule is CSCc1nnc(SCC(=O)Nc2cccc(C(C)=O)c2)o1. The van der Waals surface area contributed by atoms with Gasteiger partial charge in [0.25, 0.3) is 5.22 Å². The third-order valence-corrected chi connectivity index (χ3v) is 3.95. The number of carbonyl (C=O) groups excluding carboxylic acids is 2. The summed E-state index contributed by atoms with van der Waals surface area (Å²) in [6.45, 7) is 1.48. The summed E-state index contributed by atoms with van der Waals surface area (Å²) in [5.74, 6) is 1.11. The van der Waals surface area contributed by atoms with Gasteiger partial charge in [0.05, 0.1) is 11.5 Å². The molecule has 2 aromatic rings.